The van der Waals surface area contributed by atoms with E-state index in [0.29, 0.717) is 13.2 Å². The maximum absolute atomic E-state index is 5.64. The molecular formula is C18H22O2. The van der Waals surface area contributed by atoms with Gasteiger partial charge in [-0.15, -0.1) is 0 Å². The topological polar surface area (TPSA) is 18.5 Å². The molecule has 1 aromatic rings. The minimum absolute atomic E-state index is 0.626. The van der Waals surface area contributed by atoms with E-state index in [4.69, 9.17) is 9.47 Å². The zero-order valence-electron chi connectivity index (χ0n) is 12.3. The van der Waals surface area contributed by atoms with Gasteiger partial charge >= 0.3 is 0 Å². The molecule has 2 rings (SSSR count). The predicted octanol–water partition coefficient (Wildman–Crippen LogP) is 4.47. The fourth-order valence-electron chi connectivity index (χ4n) is 2.46. The lowest BCUT2D eigenvalue weighted by Crippen LogP contribution is -2.15. The Morgan fingerprint density at radius 1 is 1.20 bits per heavy atom. The third-order valence-corrected chi connectivity index (χ3v) is 3.46. The minimum Gasteiger partial charge on any atom is -0.486 e. The van der Waals surface area contributed by atoms with E-state index in [1.807, 2.05) is 12.1 Å². The number of allylic oxidation sites excluding steroid dienone is 5. The summed E-state index contributed by atoms with van der Waals surface area (Å²) in [4.78, 5) is 0. The van der Waals surface area contributed by atoms with Gasteiger partial charge in [0.1, 0.15) is 13.2 Å². The molecule has 0 N–H and O–H groups in total. The zero-order chi connectivity index (χ0) is 14.4. The van der Waals surface area contributed by atoms with Crippen LogP contribution >= 0.6 is 0 Å². The van der Waals surface area contributed by atoms with E-state index in [-0.39, 0.29) is 0 Å². The van der Waals surface area contributed by atoms with Crippen molar-refractivity contribution in [2.75, 3.05) is 13.2 Å². The van der Waals surface area contributed by atoms with Gasteiger partial charge in [-0.3, -0.25) is 0 Å². The Morgan fingerprint density at radius 2 is 1.95 bits per heavy atom. The van der Waals surface area contributed by atoms with Gasteiger partial charge in [0.05, 0.1) is 0 Å². The number of hydrogen-bond donors (Lipinski definition) is 0. The summed E-state index contributed by atoms with van der Waals surface area (Å²) < 4.78 is 11.2. The van der Waals surface area contributed by atoms with Gasteiger partial charge < -0.3 is 9.47 Å². The highest BCUT2D eigenvalue weighted by atomic mass is 16.6. The largest absolute Gasteiger partial charge is 0.486 e. The molecule has 0 unspecified atom stereocenters. The van der Waals surface area contributed by atoms with Crippen LogP contribution in [0.4, 0.5) is 0 Å². The first kappa shape index (κ1) is 14.4. The van der Waals surface area contributed by atoms with Gasteiger partial charge in [-0.05, 0) is 48.6 Å². The van der Waals surface area contributed by atoms with Crippen molar-refractivity contribution < 1.29 is 9.47 Å². The fraction of sp³-hybridized carbons (Fsp3) is 0.333. The lowest BCUT2D eigenvalue weighted by atomic mass is 9.95. The lowest BCUT2D eigenvalue weighted by molar-refractivity contribution is 0.171. The average Bonchev–Trinajstić information content (AvgIpc) is 2.48. The molecule has 0 fully saturated rings. The van der Waals surface area contributed by atoms with Crippen LogP contribution in [0.5, 0.6) is 11.5 Å². The highest BCUT2D eigenvalue weighted by Crippen LogP contribution is 2.32. The molecule has 0 radical (unpaired) electrons. The van der Waals surface area contributed by atoms with Crippen LogP contribution in [0, 0.1) is 0 Å². The highest BCUT2D eigenvalue weighted by molar-refractivity contribution is 5.46. The van der Waals surface area contributed by atoms with E-state index < -0.39 is 0 Å². The summed E-state index contributed by atoms with van der Waals surface area (Å²) in [6.07, 6.45) is 8.03. The van der Waals surface area contributed by atoms with E-state index in [1.165, 1.54) is 16.7 Å². The summed E-state index contributed by atoms with van der Waals surface area (Å²) in [5, 5.41) is 0. The van der Waals surface area contributed by atoms with Gasteiger partial charge in [-0.2, -0.15) is 0 Å². The minimum atomic E-state index is 0.626. The standard InChI is InChI=1S/C18H22O2/c1-4-7-16(15(5-2)6-3)12-14-8-9-17-18(13-14)20-11-10-19-17/h4-5,7-9,13H,1,6,10-12H2,2-3H3/b15-5-,16-7-. The summed E-state index contributed by atoms with van der Waals surface area (Å²) >= 11 is 0. The summed E-state index contributed by atoms with van der Waals surface area (Å²) in [7, 11) is 0. The molecule has 0 bridgehead atoms. The molecule has 2 heteroatoms. The van der Waals surface area contributed by atoms with E-state index in [2.05, 4.69) is 44.7 Å². The van der Waals surface area contributed by atoms with E-state index in [0.717, 1.165) is 24.3 Å². The SMILES string of the molecule is C=C/C=C(Cc1ccc2c(c1)OCCO2)\C(=C/C)CC. The van der Waals surface area contributed by atoms with Gasteiger partial charge in [0, 0.05) is 0 Å². The second-order valence-electron chi connectivity index (χ2n) is 4.75. The van der Waals surface area contributed by atoms with Gasteiger partial charge in [-0.1, -0.05) is 37.8 Å². The molecule has 2 nitrogen and oxygen atoms in total. The number of ether oxygens (including phenoxy) is 2. The molecule has 1 aliphatic heterocycles. The summed E-state index contributed by atoms with van der Waals surface area (Å²) in [6.45, 7) is 9.33. The van der Waals surface area contributed by atoms with Gasteiger partial charge in [0.15, 0.2) is 11.5 Å². The van der Waals surface area contributed by atoms with Crippen LogP contribution in [0.3, 0.4) is 0 Å². The van der Waals surface area contributed by atoms with Crippen LogP contribution in [0.1, 0.15) is 25.8 Å². The van der Waals surface area contributed by atoms with E-state index >= 15 is 0 Å². The zero-order valence-corrected chi connectivity index (χ0v) is 12.3. The van der Waals surface area contributed by atoms with Crippen LogP contribution in [-0.2, 0) is 6.42 Å². The fourth-order valence-corrected chi connectivity index (χ4v) is 2.46. The quantitative estimate of drug-likeness (QED) is 0.735. The van der Waals surface area contributed by atoms with Crippen LogP contribution < -0.4 is 9.47 Å². The smallest absolute Gasteiger partial charge is 0.161 e. The van der Waals surface area contributed by atoms with E-state index in [1.54, 1.807) is 0 Å². The second kappa shape index (κ2) is 6.99. The highest BCUT2D eigenvalue weighted by Gasteiger charge is 2.12. The van der Waals surface area contributed by atoms with Crippen molar-refractivity contribution in [3.8, 4) is 11.5 Å². The first-order chi connectivity index (χ1) is 9.78. The molecular weight excluding hydrogens is 248 g/mol. The van der Waals surface area contributed by atoms with Crippen molar-refractivity contribution in [3.05, 3.63) is 59.7 Å². The Morgan fingerprint density at radius 3 is 2.60 bits per heavy atom. The normalized spacial score (nSPS) is 15.1. The third-order valence-electron chi connectivity index (χ3n) is 3.46. The monoisotopic (exact) mass is 270 g/mol. The molecule has 0 saturated carbocycles. The van der Waals surface area contributed by atoms with Crippen molar-refractivity contribution in [1.82, 2.24) is 0 Å². The van der Waals surface area contributed by atoms with Crippen LogP contribution in [0.25, 0.3) is 0 Å². The molecule has 0 saturated heterocycles. The lowest BCUT2D eigenvalue weighted by Gasteiger charge is -2.19. The first-order valence-corrected chi connectivity index (χ1v) is 7.14. The number of fused-ring (bicyclic) bond motifs is 1. The molecule has 0 amide bonds. The number of rotatable bonds is 5. The summed E-state index contributed by atoms with van der Waals surface area (Å²) in [5.41, 5.74) is 3.90. The Kier molecular flexibility index (Phi) is 5.05. The predicted molar refractivity (Wildman–Crippen MR) is 83.5 cm³/mol. The maximum atomic E-state index is 5.64. The van der Waals surface area contributed by atoms with Crippen molar-refractivity contribution in [3.63, 3.8) is 0 Å². The second-order valence-corrected chi connectivity index (χ2v) is 4.75. The van der Waals surface area contributed by atoms with Gasteiger partial charge in [0.25, 0.3) is 0 Å². The molecule has 1 aliphatic rings. The van der Waals surface area contributed by atoms with E-state index in [9.17, 15) is 0 Å². The van der Waals surface area contributed by atoms with Crippen LogP contribution in [0.2, 0.25) is 0 Å². The van der Waals surface area contributed by atoms with Crippen LogP contribution in [-0.4, -0.2) is 13.2 Å². The Balaban J connectivity index is 2.23. The average molecular weight is 270 g/mol. The van der Waals surface area contributed by atoms with Gasteiger partial charge in [0.2, 0.25) is 0 Å². The molecule has 0 aromatic heterocycles. The van der Waals surface area contributed by atoms with Crippen molar-refractivity contribution >= 4 is 0 Å². The van der Waals surface area contributed by atoms with Crippen LogP contribution in [0.15, 0.2) is 54.2 Å². The summed E-state index contributed by atoms with van der Waals surface area (Å²) in [6, 6.07) is 6.18. The molecule has 20 heavy (non-hydrogen) atoms. The Bertz CT molecular complexity index is 538. The molecule has 106 valence electrons. The van der Waals surface area contributed by atoms with Crippen molar-refractivity contribution in [2.45, 2.75) is 26.7 Å². The Labute approximate surface area is 121 Å². The number of benzene rings is 1. The third kappa shape index (κ3) is 3.32. The summed E-state index contributed by atoms with van der Waals surface area (Å²) in [5.74, 6) is 1.70. The first-order valence-electron chi connectivity index (χ1n) is 7.14. The van der Waals surface area contributed by atoms with Crippen molar-refractivity contribution in [2.24, 2.45) is 0 Å². The molecule has 1 aromatic carbocycles. The number of hydrogen-bond acceptors (Lipinski definition) is 2. The maximum Gasteiger partial charge on any atom is 0.161 e. The molecule has 0 aliphatic carbocycles. The molecule has 1 heterocycles. The molecule has 0 spiro atoms. The van der Waals surface area contributed by atoms with Crippen molar-refractivity contribution in [1.29, 1.82) is 0 Å². The van der Waals surface area contributed by atoms with Gasteiger partial charge in [-0.25, -0.2) is 0 Å². The molecule has 0 atom stereocenters. The Hall–Kier alpha value is -1.96.